The van der Waals surface area contributed by atoms with Gasteiger partial charge in [0.1, 0.15) is 5.75 Å². The van der Waals surface area contributed by atoms with Gasteiger partial charge in [-0.05, 0) is 152 Å². The van der Waals surface area contributed by atoms with Gasteiger partial charge in [-0.3, -0.25) is 14.6 Å². The number of carbonyl (C=O) groups is 2. The Bertz CT molecular complexity index is 2190. The van der Waals surface area contributed by atoms with E-state index in [1.165, 1.54) is 22.1 Å². The number of benzene rings is 3. The molecule has 272 valence electrons. The number of hydrogen-bond donors (Lipinski definition) is 5. The predicted octanol–water partition coefficient (Wildman–Crippen LogP) is 8.28. The number of amides is 2. The molecule has 3 aliphatic rings. The summed E-state index contributed by atoms with van der Waals surface area (Å²) in [7, 11) is 0. The molecule has 2 fully saturated rings. The van der Waals surface area contributed by atoms with Gasteiger partial charge in [0.25, 0.3) is 5.91 Å². The van der Waals surface area contributed by atoms with Crippen LogP contribution in [-0.4, -0.2) is 50.7 Å². The number of aromatic nitrogens is 2. The first-order valence-electron chi connectivity index (χ1n) is 19.5. The van der Waals surface area contributed by atoms with Crippen molar-refractivity contribution in [2.24, 2.45) is 17.3 Å². The molecule has 0 bridgehead atoms. The number of aromatic hydroxyl groups is 1. The quantitative estimate of drug-likeness (QED) is 0.0938. The van der Waals surface area contributed by atoms with Crippen LogP contribution in [0.4, 0.5) is 0 Å². The number of aryl methyl sites for hydroxylation is 3. The SMILES string of the molecule is Cc1c2ccncc2c(C)c2c1[nH]c1ccc(C(=O)NCCCCCCNC(=O)C[C@]3(O)CCC4C5CCc6cc(O)ccc6C5CC[C@@]43C)cc12. The number of phenolic OH excluding ortho intramolecular Hbond substituents is 1. The summed E-state index contributed by atoms with van der Waals surface area (Å²) >= 11 is 0. The second kappa shape index (κ2) is 13.5. The van der Waals surface area contributed by atoms with Crippen molar-refractivity contribution in [2.45, 2.75) is 103 Å². The molecular formula is C44H52N4O4. The molecule has 5 atom stereocenters. The monoisotopic (exact) mass is 700 g/mol. The topological polar surface area (TPSA) is 127 Å². The Labute approximate surface area is 305 Å². The summed E-state index contributed by atoms with van der Waals surface area (Å²) in [5.74, 6) is 1.64. The van der Waals surface area contributed by atoms with Gasteiger partial charge >= 0.3 is 0 Å². The predicted molar refractivity (Wildman–Crippen MR) is 207 cm³/mol. The van der Waals surface area contributed by atoms with E-state index in [1.807, 2.05) is 42.7 Å². The van der Waals surface area contributed by atoms with Gasteiger partial charge < -0.3 is 25.8 Å². The number of hydrogen-bond acceptors (Lipinski definition) is 5. The van der Waals surface area contributed by atoms with E-state index in [0.717, 1.165) is 90.5 Å². The van der Waals surface area contributed by atoms with Crippen LogP contribution in [0.25, 0.3) is 32.6 Å². The number of carbonyl (C=O) groups excluding carboxylic acids is 2. The van der Waals surface area contributed by atoms with E-state index in [9.17, 15) is 19.8 Å². The number of nitrogens with one attached hydrogen (secondary N) is 3. The second-order valence-corrected chi connectivity index (χ2v) is 16.3. The molecule has 5 aromatic rings. The van der Waals surface area contributed by atoms with Crippen molar-refractivity contribution in [3.05, 3.63) is 82.7 Å². The molecule has 5 N–H and O–H groups in total. The lowest BCUT2D eigenvalue weighted by molar-refractivity contribution is -0.139. The molecule has 52 heavy (non-hydrogen) atoms. The zero-order valence-corrected chi connectivity index (χ0v) is 30.8. The average Bonchev–Trinajstić information content (AvgIpc) is 3.65. The molecule has 8 rings (SSSR count). The maximum atomic E-state index is 13.1. The van der Waals surface area contributed by atoms with Gasteiger partial charge in [-0.25, -0.2) is 0 Å². The number of aliphatic hydroxyl groups is 1. The minimum absolute atomic E-state index is 0.0504. The van der Waals surface area contributed by atoms with Crippen LogP contribution in [0.15, 0.2) is 54.9 Å². The standard InChI is InChI=1S/C44H52N4O4/c1-26-36-25-45-21-16-31(36)27(2)41-40(26)35-23-29(9-13-38(35)48-41)42(51)47-20-7-5-4-6-19-46-39(50)24-44(52)18-15-37-34-11-8-28-22-30(49)10-12-32(28)33(34)14-17-43(37,44)3/h9-10,12-13,16,21-23,25,33-34,37,48-49,52H,4-8,11,14-15,17-20,24H2,1-3H3,(H,46,50)(H,47,51)/t33?,34?,37?,43-,44+/m0/s1. The Hall–Kier alpha value is -4.43. The molecule has 2 heterocycles. The fraction of sp³-hybridized carbons (Fsp3) is 0.477. The molecule has 0 aliphatic heterocycles. The summed E-state index contributed by atoms with van der Waals surface area (Å²) in [6, 6.07) is 13.8. The number of rotatable bonds is 10. The van der Waals surface area contributed by atoms with E-state index in [0.29, 0.717) is 48.6 Å². The first-order valence-corrected chi connectivity index (χ1v) is 19.5. The van der Waals surface area contributed by atoms with Crippen LogP contribution in [0.2, 0.25) is 0 Å². The lowest BCUT2D eigenvalue weighted by Crippen LogP contribution is -2.52. The van der Waals surface area contributed by atoms with Crippen LogP contribution in [0.5, 0.6) is 5.75 Å². The molecule has 0 saturated heterocycles. The van der Waals surface area contributed by atoms with Crippen molar-refractivity contribution >= 4 is 44.4 Å². The Morgan fingerprint density at radius 3 is 2.54 bits per heavy atom. The second-order valence-electron chi connectivity index (χ2n) is 16.3. The summed E-state index contributed by atoms with van der Waals surface area (Å²) in [6.45, 7) is 7.70. The number of H-pyrrole nitrogens is 1. The van der Waals surface area contributed by atoms with E-state index in [2.05, 4.69) is 53.5 Å². The van der Waals surface area contributed by atoms with Gasteiger partial charge in [0.15, 0.2) is 0 Å². The van der Waals surface area contributed by atoms with Gasteiger partial charge in [0, 0.05) is 52.7 Å². The molecule has 3 aromatic carbocycles. The van der Waals surface area contributed by atoms with E-state index < -0.39 is 5.60 Å². The number of unbranched alkanes of at least 4 members (excludes halogenated alkanes) is 3. The lowest BCUT2D eigenvalue weighted by Gasteiger charge is -2.53. The van der Waals surface area contributed by atoms with Crippen LogP contribution in [0.1, 0.15) is 110 Å². The normalized spacial score (nSPS) is 25.2. The number of fused-ring (bicyclic) bond motifs is 9. The Morgan fingerprint density at radius 2 is 1.71 bits per heavy atom. The van der Waals surface area contributed by atoms with Crippen LogP contribution in [-0.2, 0) is 11.2 Å². The van der Waals surface area contributed by atoms with Gasteiger partial charge in [0.2, 0.25) is 5.91 Å². The maximum Gasteiger partial charge on any atom is 0.251 e. The third-order valence-electron chi connectivity index (χ3n) is 13.6. The van der Waals surface area contributed by atoms with Crippen LogP contribution < -0.4 is 10.6 Å². The molecule has 0 spiro atoms. The first kappa shape index (κ1) is 34.6. The summed E-state index contributed by atoms with van der Waals surface area (Å²) < 4.78 is 0. The Balaban J connectivity index is 0.782. The van der Waals surface area contributed by atoms with Crippen LogP contribution >= 0.6 is 0 Å². The highest BCUT2D eigenvalue weighted by Gasteiger charge is 2.61. The lowest BCUT2D eigenvalue weighted by atomic mass is 9.53. The molecule has 2 amide bonds. The fourth-order valence-electron chi connectivity index (χ4n) is 10.7. The molecular weight excluding hydrogens is 649 g/mol. The van der Waals surface area contributed by atoms with Crippen molar-refractivity contribution in [3.63, 3.8) is 0 Å². The summed E-state index contributed by atoms with van der Waals surface area (Å²) in [6.07, 6.45) is 13.3. The molecule has 0 radical (unpaired) electrons. The van der Waals surface area contributed by atoms with E-state index in [-0.39, 0.29) is 23.7 Å². The third-order valence-corrected chi connectivity index (χ3v) is 13.6. The maximum absolute atomic E-state index is 13.1. The van der Waals surface area contributed by atoms with Crippen LogP contribution in [0, 0.1) is 31.1 Å². The summed E-state index contributed by atoms with van der Waals surface area (Å²) in [5.41, 5.74) is 6.57. The van der Waals surface area contributed by atoms with Gasteiger partial charge in [0.05, 0.1) is 17.5 Å². The van der Waals surface area contributed by atoms with Gasteiger partial charge in [-0.15, -0.1) is 0 Å². The van der Waals surface area contributed by atoms with E-state index in [4.69, 9.17) is 0 Å². The van der Waals surface area contributed by atoms with Crippen molar-refractivity contribution in [3.8, 4) is 5.75 Å². The minimum Gasteiger partial charge on any atom is -0.508 e. The van der Waals surface area contributed by atoms with E-state index in [1.54, 1.807) is 0 Å². The number of pyridine rings is 1. The molecule has 2 saturated carbocycles. The largest absolute Gasteiger partial charge is 0.508 e. The minimum atomic E-state index is -0.970. The summed E-state index contributed by atoms with van der Waals surface area (Å²) in [5, 5.41) is 32.7. The highest BCUT2D eigenvalue weighted by molar-refractivity contribution is 6.17. The zero-order valence-electron chi connectivity index (χ0n) is 30.8. The van der Waals surface area contributed by atoms with Gasteiger partial charge in [-0.1, -0.05) is 25.8 Å². The molecule has 3 aliphatic carbocycles. The van der Waals surface area contributed by atoms with Crippen molar-refractivity contribution in [1.82, 2.24) is 20.6 Å². The van der Waals surface area contributed by atoms with Crippen molar-refractivity contribution < 1.29 is 19.8 Å². The first-order chi connectivity index (χ1) is 25.1. The Kier molecular flexibility index (Phi) is 9.01. The molecule has 8 heteroatoms. The fourth-order valence-corrected chi connectivity index (χ4v) is 10.7. The molecule has 2 aromatic heterocycles. The van der Waals surface area contributed by atoms with Crippen molar-refractivity contribution in [1.29, 1.82) is 0 Å². The molecule has 3 unspecified atom stereocenters. The van der Waals surface area contributed by atoms with Crippen molar-refractivity contribution in [2.75, 3.05) is 13.1 Å². The number of aromatic amines is 1. The van der Waals surface area contributed by atoms with Crippen LogP contribution in [0.3, 0.4) is 0 Å². The Morgan fingerprint density at radius 1 is 0.904 bits per heavy atom. The van der Waals surface area contributed by atoms with E-state index >= 15 is 0 Å². The number of nitrogens with zero attached hydrogens (tertiary/aromatic N) is 1. The molecule has 8 nitrogen and oxygen atoms in total. The highest BCUT2D eigenvalue weighted by Crippen LogP contribution is 2.65. The highest BCUT2D eigenvalue weighted by atomic mass is 16.3. The third kappa shape index (κ3) is 5.83. The van der Waals surface area contributed by atoms with Gasteiger partial charge in [-0.2, -0.15) is 0 Å². The number of phenols is 1. The smallest absolute Gasteiger partial charge is 0.251 e. The zero-order chi connectivity index (χ0) is 36.2. The summed E-state index contributed by atoms with van der Waals surface area (Å²) in [4.78, 5) is 34.2. The average molecular weight is 701 g/mol.